The monoisotopic (exact) mass is 457 g/mol. The molecule has 2 saturated heterocycles. The molecule has 0 aromatic heterocycles. The number of hydrogen-bond donors (Lipinski definition) is 0. The number of ether oxygens (including phenoxy) is 2. The second kappa shape index (κ2) is 9.92. The average molecular weight is 458 g/mol. The van der Waals surface area contributed by atoms with Gasteiger partial charge < -0.3 is 19.3 Å². The van der Waals surface area contributed by atoms with Gasteiger partial charge in [-0.1, -0.05) is 30.3 Å². The highest BCUT2D eigenvalue weighted by molar-refractivity contribution is 5.69. The van der Waals surface area contributed by atoms with Gasteiger partial charge in [0.1, 0.15) is 12.2 Å². The smallest absolute Gasteiger partial charge is 0.410 e. The van der Waals surface area contributed by atoms with Crippen LogP contribution < -0.4 is 0 Å². The minimum absolute atomic E-state index is 0.171. The molecular weight excluding hydrogens is 418 g/mol. The van der Waals surface area contributed by atoms with Crippen LogP contribution in [0.25, 0.3) is 0 Å². The van der Waals surface area contributed by atoms with Gasteiger partial charge in [0.2, 0.25) is 0 Å². The van der Waals surface area contributed by atoms with Crippen molar-refractivity contribution < 1.29 is 19.1 Å². The molecule has 7 nitrogen and oxygen atoms in total. The third-order valence-corrected chi connectivity index (χ3v) is 7.22. The maximum atomic E-state index is 12.4. The van der Waals surface area contributed by atoms with E-state index < -0.39 is 5.60 Å². The molecule has 1 spiro atoms. The van der Waals surface area contributed by atoms with Gasteiger partial charge in [0.05, 0.1) is 0 Å². The fraction of sp³-hybridized carbons (Fsp3) is 0.692. The summed E-state index contributed by atoms with van der Waals surface area (Å²) in [6.45, 7) is 12.2. The molecule has 0 radical (unpaired) electrons. The Morgan fingerprint density at radius 2 is 1.58 bits per heavy atom. The molecule has 4 rings (SSSR count). The van der Waals surface area contributed by atoms with Crippen LogP contribution in [-0.4, -0.2) is 78.3 Å². The molecule has 1 aromatic carbocycles. The first-order valence-electron chi connectivity index (χ1n) is 12.4. The first-order chi connectivity index (χ1) is 15.7. The molecule has 33 heavy (non-hydrogen) atoms. The molecule has 2 aliphatic heterocycles. The maximum Gasteiger partial charge on any atom is 0.410 e. The largest absolute Gasteiger partial charge is 0.445 e. The topological polar surface area (TPSA) is 62.3 Å². The zero-order valence-corrected chi connectivity index (χ0v) is 20.4. The third-order valence-electron chi connectivity index (χ3n) is 7.22. The summed E-state index contributed by atoms with van der Waals surface area (Å²) in [5, 5.41) is 0. The number of likely N-dealkylation sites (tertiary alicyclic amines) is 1. The average Bonchev–Trinajstić information content (AvgIpc) is 2.76. The molecule has 2 heterocycles. The van der Waals surface area contributed by atoms with Crippen molar-refractivity contribution in [3.8, 4) is 0 Å². The summed E-state index contributed by atoms with van der Waals surface area (Å²) in [5.41, 5.74) is 0.898. The molecule has 2 amide bonds. The lowest BCUT2D eigenvalue weighted by Crippen LogP contribution is -2.60. The van der Waals surface area contributed by atoms with Crippen LogP contribution in [0.1, 0.15) is 52.0 Å². The van der Waals surface area contributed by atoms with Gasteiger partial charge in [-0.15, -0.1) is 0 Å². The van der Waals surface area contributed by atoms with Crippen molar-refractivity contribution in [2.75, 3.05) is 45.8 Å². The second-order valence-electron chi connectivity index (χ2n) is 11.1. The van der Waals surface area contributed by atoms with E-state index in [1.165, 1.54) is 25.7 Å². The van der Waals surface area contributed by atoms with E-state index in [-0.39, 0.29) is 12.2 Å². The highest BCUT2D eigenvalue weighted by atomic mass is 16.6. The van der Waals surface area contributed by atoms with Crippen molar-refractivity contribution in [3.63, 3.8) is 0 Å². The van der Waals surface area contributed by atoms with Crippen LogP contribution in [0, 0.1) is 11.3 Å². The quantitative estimate of drug-likeness (QED) is 0.672. The molecule has 7 heteroatoms. The van der Waals surface area contributed by atoms with E-state index in [1.54, 1.807) is 0 Å². The second-order valence-corrected chi connectivity index (χ2v) is 11.1. The fourth-order valence-electron chi connectivity index (χ4n) is 5.30. The van der Waals surface area contributed by atoms with Crippen LogP contribution in [-0.2, 0) is 16.1 Å². The number of carbonyl (C=O) groups excluding carboxylic acids is 2. The Hall–Kier alpha value is -2.28. The Bertz CT molecular complexity index is 799. The molecule has 1 aliphatic carbocycles. The zero-order chi connectivity index (χ0) is 23.5. The lowest BCUT2D eigenvalue weighted by molar-refractivity contribution is -0.0563. The number of hydrogen-bond acceptors (Lipinski definition) is 5. The van der Waals surface area contributed by atoms with E-state index in [4.69, 9.17) is 9.47 Å². The van der Waals surface area contributed by atoms with Crippen molar-refractivity contribution >= 4 is 12.2 Å². The van der Waals surface area contributed by atoms with Gasteiger partial charge in [0, 0.05) is 51.2 Å². The molecule has 3 aliphatic rings. The van der Waals surface area contributed by atoms with E-state index in [0.29, 0.717) is 17.9 Å². The molecule has 0 atom stereocenters. The number of carbonyl (C=O) groups is 2. The summed E-state index contributed by atoms with van der Waals surface area (Å²) < 4.78 is 11.0. The highest BCUT2D eigenvalue weighted by Crippen LogP contribution is 2.46. The van der Waals surface area contributed by atoms with Gasteiger partial charge in [-0.2, -0.15) is 0 Å². The summed E-state index contributed by atoms with van der Waals surface area (Å²) >= 11 is 0. The number of benzene rings is 1. The van der Waals surface area contributed by atoms with Crippen LogP contribution in [0.5, 0.6) is 0 Å². The number of nitrogens with zero attached hydrogens (tertiary/aromatic N) is 3. The molecule has 0 N–H and O–H groups in total. The molecule has 1 saturated carbocycles. The van der Waals surface area contributed by atoms with E-state index in [2.05, 4.69) is 4.90 Å². The summed E-state index contributed by atoms with van der Waals surface area (Å²) in [6.07, 6.45) is 4.46. The molecule has 0 unspecified atom stereocenters. The Kier molecular flexibility index (Phi) is 7.17. The van der Waals surface area contributed by atoms with Crippen LogP contribution in [0.2, 0.25) is 0 Å². The van der Waals surface area contributed by atoms with E-state index >= 15 is 0 Å². The maximum absolute atomic E-state index is 12.4. The Morgan fingerprint density at radius 3 is 2.18 bits per heavy atom. The zero-order valence-electron chi connectivity index (χ0n) is 20.4. The lowest BCUT2D eigenvalue weighted by Gasteiger charge is -2.53. The van der Waals surface area contributed by atoms with Crippen molar-refractivity contribution in [1.29, 1.82) is 0 Å². The van der Waals surface area contributed by atoms with Gasteiger partial charge in [0.25, 0.3) is 0 Å². The van der Waals surface area contributed by atoms with E-state index in [9.17, 15) is 9.59 Å². The molecular formula is C26H39N3O4. The van der Waals surface area contributed by atoms with Crippen LogP contribution in [0.15, 0.2) is 30.3 Å². The Labute approximate surface area is 198 Å². The van der Waals surface area contributed by atoms with Crippen LogP contribution >= 0.6 is 0 Å². The third kappa shape index (κ3) is 6.40. The molecule has 1 aromatic rings. The van der Waals surface area contributed by atoms with Crippen molar-refractivity contribution in [2.45, 2.75) is 58.7 Å². The number of piperazine rings is 1. The summed E-state index contributed by atoms with van der Waals surface area (Å²) in [5.74, 6) is 0.711. The Balaban J connectivity index is 1.12. The summed E-state index contributed by atoms with van der Waals surface area (Å²) in [7, 11) is 0. The van der Waals surface area contributed by atoms with Crippen molar-refractivity contribution in [2.24, 2.45) is 11.3 Å². The predicted octanol–water partition coefficient (Wildman–Crippen LogP) is 4.37. The highest BCUT2D eigenvalue weighted by Gasteiger charge is 2.48. The molecule has 182 valence electrons. The van der Waals surface area contributed by atoms with E-state index in [1.807, 2.05) is 60.9 Å². The molecule has 0 bridgehead atoms. The predicted molar refractivity (Wildman–Crippen MR) is 127 cm³/mol. The standard InChI is InChI=1S/C26H39N3O4/c1-25(2,3)33-24(31)29-19-26(20-29)11-9-21(10-12-26)17-27-13-15-28(16-14-27)23(30)32-18-22-7-5-4-6-8-22/h4-8,21H,9-20H2,1-3H3. The normalized spacial score (nSPS) is 21.5. The fourth-order valence-corrected chi connectivity index (χ4v) is 5.30. The van der Waals surface area contributed by atoms with Gasteiger partial charge in [-0.3, -0.25) is 4.90 Å². The first kappa shape index (κ1) is 23.9. The van der Waals surface area contributed by atoms with E-state index in [0.717, 1.165) is 51.4 Å². The van der Waals surface area contributed by atoms with Gasteiger partial charge in [0.15, 0.2) is 0 Å². The minimum atomic E-state index is -0.430. The molecule has 3 fully saturated rings. The van der Waals surface area contributed by atoms with Gasteiger partial charge in [-0.05, 0) is 57.9 Å². The lowest BCUT2D eigenvalue weighted by atomic mass is 9.66. The summed E-state index contributed by atoms with van der Waals surface area (Å²) in [4.78, 5) is 30.8. The van der Waals surface area contributed by atoms with Crippen LogP contribution in [0.4, 0.5) is 9.59 Å². The number of rotatable bonds is 4. The van der Waals surface area contributed by atoms with Crippen molar-refractivity contribution in [1.82, 2.24) is 14.7 Å². The minimum Gasteiger partial charge on any atom is -0.445 e. The van der Waals surface area contributed by atoms with Crippen LogP contribution in [0.3, 0.4) is 0 Å². The Morgan fingerprint density at radius 1 is 0.939 bits per heavy atom. The van der Waals surface area contributed by atoms with Crippen molar-refractivity contribution in [3.05, 3.63) is 35.9 Å². The summed E-state index contributed by atoms with van der Waals surface area (Å²) in [6, 6.07) is 9.81. The SMILES string of the molecule is CC(C)(C)OC(=O)N1CC2(CCC(CN3CCN(C(=O)OCc4ccccc4)CC3)CC2)C1. The van der Waals surface area contributed by atoms with Gasteiger partial charge in [-0.25, -0.2) is 9.59 Å². The van der Waals surface area contributed by atoms with Gasteiger partial charge >= 0.3 is 12.2 Å². The first-order valence-corrected chi connectivity index (χ1v) is 12.4. The number of amides is 2.